The maximum atomic E-state index is 12.9. The number of sulfonamides is 1. The van der Waals surface area contributed by atoms with E-state index in [0.29, 0.717) is 29.1 Å². The molecule has 0 aliphatic heterocycles. The molecule has 2 rings (SSSR count). The van der Waals surface area contributed by atoms with Crippen LogP contribution >= 0.6 is 0 Å². The molecule has 0 saturated heterocycles. The molecule has 2 N–H and O–H groups in total. The van der Waals surface area contributed by atoms with E-state index in [-0.39, 0.29) is 10.8 Å². The largest absolute Gasteiger partial charge is 0.495 e. The molecule has 7 heteroatoms. The Morgan fingerprint density at radius 1 is 1.11 bits per heavy atom. The van der Waals surface area contributed by atoms with Gasteiger partial charge in [0.05, 0.1) is 17.7 Å². The number of amides is 1. The molecule has 1 amide bonds. The predicted octanol–water partition coefficient (Wildman–Crippen LogP) is 4.32. The lowest BCUT2D eigenvalue weighted by molar-refractivity contribution is -0.116. The highest BCUT2D eigenvalue weighted by Crippen LogP contribution is 2.28. The van der Waals surface area contributed by atoms with Crippen LogP contribution in [0.15, 0.2) is 47.4 Å². The summed E-state index contributed by atoms with van der Waals surface area (Å²) >= 11 is 0. The number of hydrogen-bond donors (Lipinski definition) is 2. The van der Waals surface area contributed by atoms with E-state index in [1.54, 1.807) is 43.3 Å². The van der Waals surface area contributed by atoms with Crippen molar-refractivity contribution < 1.29 is 17.9 Å². The highest BCUT2D eigenvalue weighted by Gasteiger charge is 2.19. The molecule has 0 bridgehead atoms. The Balaban J connectivity index is 2.22. The molecule has 0 aliphatic carbocycles. The molecular weight excluding hydrogens is 364 g/mol. The Labute approximate surface area is 161 Å². The van der Waals surface area contributed by atoms with Gasteiger partial charge in [0.2, 0.25) is 5.91 Å². The lowest BCUT2D eigenvalue weighted by atomic mass is 10.2. The number of methoxy groups -OCH3 is 1. The van der Waals surface area contributed by atoms with Crippen molar-refractivity contribution in [3.63, 3.8) is 0 Å². The van der Waals surface area contributed by atoms with Gasteiger partial charge in [-0.3, -0.25) is 9.52 Å². The molecule has 0 radical (unpaired) electrons. The van der Waals surface area contributed by atoms with E-state index >= 15 is 0 Å². The zero-order valence-electron chi connectivity index (χ0n) is 15.9. The van der Waals surface area contributed by atoms with E-state index in [1.807, 2.05) is 0 Å². The molecule has 0 atom stereocenters. The Bertz CT molecular complexity index is 895. The molecule has 0 saturated carbocycles. The number of benzene rings is 2. The molecule has 6 nitrogen and oxygen atoms in total. The quantitative estimate of drug-likeness (QED) is 0.625. The molecule has 2 aromatic carbocycles. The second-order valence-electron chi connectivity index (χ2n) is 6.29. The van der Waals surface area contributed by atoms with Crippen molar-refractivity contribution in [3.05, 3.63) is 48.0 Å². The maximum absolute atomic E-state index is 12.9. The van der Waals surface area contributed by atoms with Gasteiger partial charge in [0.15, 0.2) is 0 Å². The number of anilines is 2. The molecule has 27 heavy (non-hydrogen) atoms. The van der Waals surface area contributed by atoms with Crippen molar-refractivity contribution in [2.45, 2.75) is 44.4 Å². The van der Waals surface area contributed by atoms with Crippen molar-refractivity contribution in [2.24, 2.45) is 0 Å². The summed E-state index contributed by atoms with van der Waals surface area (Å²) in [4.78, 5) is 12.1. The Hall–Kier alpha value is -2.54. The summed E-state index contributed by atoms with van der Waals surface area (Å²) in [6.45, 7) is 3.79. The molecule has 146 valence electrons. The van der Waals surface area contributed by atoms with Gasteiger partial charge in [-0.1, -0.05) is 38.0 Å². The zero-order chi connectivity index (χ0) is 19.9. The van der Waals surface area contributed by atoms with Gasteiger partial charge < -0.3 is 10.1 Å². The minimum Gasteiger partial charge on any atom is -0.495 e. The van der Waals surface area contributed by atoms with Crippen molar-refractivity contribution >= 4 is 27.3 Å². The first-order valence-corrected chi connectivity index (χ1v) is 10.4. The van der Waals surface area contributed by atoms with Crippen molar-refractivity contribution in [3.8, 4) is 5.75 Å². The van der Waals surface area contributed by atoms with Crippen molar-refractivity contribution in [2.75, 3.05) is 17.1 Å². The van der Waals surface area contributed by atoms with Crippen LogP contribution in [-0.4, -0.2) is 21.4 Å². The molecule has 0 aromatic heterocycles. The average Bonchev–Trinajstić information content (AvgIpc) is 2.63. The van der Waals surface area contributed by atoms with E-state index < -0.39 is 10.0 Å². The van der Waals surface area contributed by atoms with Crippen LogP contribution in [0.25, 0.3) is 0 Å². The summed E-state index contributed by atoms with van der Waals surface area (Å²) in [6.07, 6.45) is 3.26. The SMILES string of the molecule is CCCCCC(=O)Nc1ccc(C)c(S(=O)(=O)Nc2ccccc2OC)c1. The number of nitrogens with one attached hydrogen (secondary N) is 2. The number of rotatable bonds is 9. The summed E-state index contributed by atoms with van der Waals surface area (Å²) in [7, 11) is -2.36. The number of para-hydroxylation sites is 2. The Kier molecular flexibility index (Phi) is 7.24. The average molecular weight is 391 g/mol. The third-order valence-electron chi connectivity index (χ3n) is 4.12. The van der Waals surface area contributed by atoms with Gasteiger partial charge in [-0.05, 0) is 43.2 Å². The first-order valence-electron chi connectivity index (χ1n) is 8.93. The topological polar surface area (TPSA) is 84.5 Å². The normalized spacial score (nSPS) is 11.1. The van der Waals surface area contributed by atoms with Crippen molar-refractivity contribution in [1.82, 2.24) is 0 Å². The van der Waals surface area contributed by atoms with Crippen molar-refractivity contribution in [1.29, 1.82) is 0 Å². The molecule has 0 fully saturated rings. The van der Waals surface area contributed by atoms with Gasteiger partial charge in [0, 0.05) is 12.1 Å². The first-order chi connectivity index (χ1) is 12.9. The van der Waals surface area contributed by atoms with Gasteiger partial charge in [0.1, 0.15) is 5.75 Å². The Morgan fingerprint density at radius 2 is 1.85 bits per heavy atom. The fourth-order valence-corrected chi connectivity index (χ4v) is 4.00. The first kappa shape index (κ1) is 20.8. The monoisotopic (exact) mass is 390 g/mol. The van der Waals surface area contributed by atoms with Crippen LogP contribution < -0.4 is 14.8 Å². The third-order valence-corrected chi connectivity index (χ3v) is 5.63. The van der Waals surface area contributed by atoms with E-state index in [2.05, 4.69) is 17.0 Å². The number of ether oxygens (including phenoxy) is 1. The Morgan fingerprint density at radius 3 is 2.56 bits per heavy atom. The van der Waals surface area contributed by atoms with Gasteiger partial charge in [-0.25, -0.2) is 8.42 Å². The van der Waals surface area contributed by atoms with Gasteiger partial charge in [0.25, 0.3) is 10.0 Å². The summed E-state index contributed by atoms with van der Waals surface area (Å²) in [5, 5.41) is 2.77. The smallest absolute Gasteiger partial charge is 0.262 e. The predicted molar refractivity (Wildman–Crippen MR) is 108 cm³/mol. The second kappa shape index (κ2) is 9.41. The number of hydrogen-bond acceptors (Lipinski definition) is 4. The standard InChI is InChI=1S/C20H26N2O4S/c1-4-5-6-11-20(23)21-16-13-12-15(2)19(14-16)27(24,25)22-17-9-7-8-10-18(17)26-3/h7-10,12-14,22H,4-6,11H2,1-3H3,(H,21,23). The number of carbonyl (C=O) groups excluding carboxylic acids is 1. The van der Waals surface area contributed by atoms with Crippen LogP contribution in [-0.2, 0) is 14.8 Å². The minimum atomic E-state index is -3.84. The molecule has 0 spiro atoms. The van der Waals surface area contributed by atoms with Crippen LogP contribution in [0.2, 0.25) is 0 Å². The third kappa shape index (κ3) is 5.72. The lowest BCUT2D eigenvalue weighted by Gasteiger charge is -2.14. The fourth-order valence-electron chi connectivity index (χ4n) is 2.66. The summed E-state index contributed by atoms with van der Waals surface area (Å²) in [5.41, 5.74) is 1.40. The van der Waals surface area contributed by atoms with E-state index in [1.165, 1.54) is 13.2 Å². The second-order valence-corrected chi connectivity index (χ2v) is 7.94. The van der Waals surface area contributed by atoms with Gasteiger partial charge >= 0.3 is 0 Å². The van der Waals surface area contributed by atoms with Crippen LogP contribution in [0.3, 0.4) is 0 Å². The van der Waals surface area contributed by atoms with Gasteiger partial charge in [-0.2, -0.15) is 0 Å². The van der Waals surface area contributed by atoms with E-state index in [0.717, 1.165) is 19.3 Å². The van der Waals surface area contributed by atoms with E-state index in [9.17, 15) is 13.2 Å². The number of aryl methyl sites for hydroxylation is 1. The van der Waals surface area contributed by atoms with Crippen LogP contribution in [0, 0.1) is 6.92 Å². The maximum Gasteiger partial charge on any atom is 0.262 e. The minimum absolute atomic E-state index is 0.111. The molecule has 0 heterocycles. The molecule has 0 unspecified atom stereocenters. The van der Waals surface area contributed by atoms with Crippen LogP contribution in [0.1, 0.15) is 38.2 Å². The molecule has 2 aromatic rings. The van der Waals surface area contributed by atoms with E-state index in [4.69, 9.17) is 4.74 Å². The summed E-state index contributed by atoms with van der Waals surface area (Å²) in [6, 6.07) is 11.7. The highest BCUT2D eigenvalue weighted by atomic mass is 32.2. The van der Waals surface area contributed by atoms with Crippen LogP contribution in [0.4, 0.5) is 11.4 Å². The zero-order valence-corrected chi connectivity index (χ0v) is 16.7. The number of carbonyl (C=O) groups is 1. The molecular formula is C20H26N2O4S. The fraction of sp³-hybridized carbons (Fsp3) is 0.350. The highest BCUT2D eigenvalue weighted by molar-refractivity contribution is 7.92. The van der Waals surface area contributed by atoms with Gasteiger partial charge in [-0.15, -0.1) is 0 Å². The lowest BCUT2D eigenvalue weighted by Crippen LogP contribution is -2.16. The number of unbranched alkanes of at least 4 members (excludes halogenated alkanes) is 2. The van der Waals surface area contributed by atoms with Crippen LogP contribution in [0.5, 0.6) is 5.75 Å². The summed E-state index contributed by atoms with van der Waals surface area (Å²) < 4.78 is 33.5. The summed E-state index contributed by atoms with van der Waals surface area (Å²) in [5.74, 6) is 0.312. The molecule has 0 aliphatic rings.